The highest BCUT2D eigenvalue weighted by Gasteiger charge is 2.21. The molecule has 2 atom stereocenters. The number of phenolic OH excluding ortho intramolecular Hbond substituents is 1. The number of carbonyl (C=O) groups excluding carboxylic acids is 1. The smallest absolute Gasteiger partial charge is 0.326 e. The number of nitrogens with two attached hydrogens (primary N) is 1. The predicted octanol–water partition coefficient (Wildman–Crippen LogP) is -0.149. The van der Waals surface area contributed by atoms with E-state index in [0.717, 1.165) is 0 Å². The Morgan fingerprint density at radius 2 is 1.89 bits per heavy atom. The fourth-order valence-corrected chi connectivity index (χ4v) is 1.37. The zero-order valence-corrected chi connectivity index (χ0v) is 9.96. The van der Waals surface area contributed by atoms with Crippen molar-refractivity contribution in [1.82, 2.24) is 5.32 Å². The van der Waals surface area contributed by atoms with Gasteiger partial charge in [0.25, 0.3) is 0 Å². The van der Waals surface area contributed by atoms with Crippen LogP contribution in [0.4, 0.5) is 0 Å². The third kappa shape index (κ3) is 4.06. The van der Waals surface area contributed by atoms with Gasteiger partial charge in [-0.25, -0.2) is 4.79 Å². The van der Waals surface area contributed by atoms with Gasteiger partial charge >= 0.3 is 5.97 Å². The van der Waals surface area contributed by atoms with Crippen LogP contribution >= 0.6 is 0 Å². The average molecular weight is 252 g/mol. The highest BCUT2D eigenvalue weighted by Crippen LogP contribution is 2.11. The SMILES string of the molecule is CC(N)C(=O)N[C@H](Cc1ccc(O)cc1)C(=O)O. The highest BCUT2D eigenvalue weighted by atomic mass is 16.4. The predicted molar refractivity (Wildman–Crippen MR) is 65.0 cm³/mol. The molecule has 98 valence electrons. The Labute approximate surface area is 104 Å². The van der Waals surface area contributed by atoms with Crippen LogP contribution in [0.1, 0.15) is 12.5 Å². The Morgan fingerprint density at radius 1 is 1.33 bits per heavy atom. The number of hydrogen-bond acceptors (Lipinski definition) is 4. The molecule has 0 radical (unpaired) electrons. The van der Waals surface area contributed by atoms with E-state index in [1.54, 1.807) is 12.1 Å². The molecule has 0 heterocycles. The number of aliphatic carboxylic acids is 1. The lowest BCUT2D eigenvalue weighted by atomic mass is 10.1. The summed E-state index contributed by atoms with van der Waals surface area (Å²) in [7, 11) is 0. The lowest BCUT2D eigenvalue weighted by molar-refractivity contribution is -0.141. The summed E-state index contributed by atoms with van der Waals surface area (Å²) in [5.74, 6) is -1.54. The second kappa shape index (κ2) is 6.02. The molecular formula is C12H16N2O4. The maximum absolute atomic E-state index is 11.4. The molecule has 0 aliphatic heterocycles. The molecule has 1 amide bonds. The van der Waals surface area contributed by atoms with Crippen LogP contribution in [0.3, 0.4) is 0 Å². The number of phenols is 1. The zero-order valence-electron chi connectivity index (χ0n) is 9.96. The highest BCUT2D eigenvalue weighted by molar-refractivity contribution is 5.86. The molecule has 1 rings (SSSR count). The van der Waals surface area contributed by atoms with Crippen LogP contribution in [0.15, 0.2) is 24.3 Å². The van der Waals surface area contributed by atoms with Crippen LogP contribution in [0, 0.1) is 0 Å². The number of benzene rings is 1. The molecule has 0 saturated carbocycles. The van der Waals surface area contributed by atoms with E-state index < -0.39 is 24.0 Å². The molecule has 0 spiro atoms. The Hall–Kier alpha value is -2.08. The van der Waals surface area contributed by atoms with Crippen molar-refractivity contribution in [2.75, 3.05) is 0 Å². The number of carbonyl (C=O) groups is 2. The van der Waals surface area contributed by atoms with E-state index in [1.807, 2.05) is 0 Å². The van der Waals surface area contributed by atoms with Crippen LogP contribution in [-0.2, 0) is 16.0 Å². The fourth-order valence-electron chi connectivity index (χ4n) is 1.37. The number of aromatic hydroxyl groups is 1. The first-order valence-electron chi connectivity index (χ1n) is 5.47. The normalized spacial score (nSPS) is 13.7. The van der Waals surface area contributed by atoms with Crippen LogP contribution in [0.2, 0.25) is 0 Å². The summed E-state index contributed by atoms with van der Waals surface area (Å²) in [5.41, 5.74) is 6.06. The summed E-state index contributed by atoms with van der Waals surface area (Å²) in [5, 5.41) is 20.5. The second-order valence-electron chi connectivity index (χ2n) is 4.06. The van der Waals surface area contributed by atoms with Gasteiger partial charge in [0, 0.05) is 6.42 Å². The van der Waals surface area contributed by atoms with E-state index in [1.165, 1.54) is 19.1 Å². The van der Waals surface area contributed by atoms with Crippen LogP contribution < -0.4 is 11.1 Å². The van der Waals surface area contributed by atoms with E-state index in [9.17, 15) is 9.59 Å². The molecule has 0 bridgehead atoms. The molecular weight excluding hydrogens is 236 g/mol. The summed E-state index contributed by atoms with van der Waals surface area (Å²) in [6, 6.07) is 4.33. The molecule has 18 heavy (non-hydrogen) atoms. The van der Waals surface area contributed by atoms with Crippen LogP contribution in [-0.4, -0.2) is 34.2 Å². The van der Waals surface area contributed by atoms with Gasteiger partial charge in [-0.2, -0.15) is 0 Å². The molecule has 1 unspecified atom stereocenters. The molecule has 6 nitrogen and oxygen atoms in total. The summed E-state index contributed by atoms with van der Waals surface area (Å²) in [6.07, 6.45) is 0.133. The number of nitrogens with one attached hydrogen (secondary N) is 1. The number of hydrogen-bond donors (Lipinski definition) is 4. The zero-order chi connectivity index (χ0) is 13.7. The number of rotatable bonds is 5. The first-order valence-corrected chi connectivity index (χ1v) is 5.47. The van der Waals surface area contributed by atoms with Gasteiger partial charge in [0.15, 0.2) is 0 Å². The van der Waals surface area contributed by atoms with Crippen molar-refractivity contribution in [3.63, 3.8) is 0 Å². The minimum Gasteiger partial charge on any atom is -0.508 e. The number of carboxylic acids is 1. The van der Waals surface area contributed by atoms with Crippen molar-refractivity contribution in [3.05, 3.63) is 29.8 Å². The molecule has 6 heteroatoms. The summed E-state index contributed by atoms with van der Waals surface area (Å²) in [6.45, 7) is 1.48. The maximum atomic E-state index is 11.4. The standard InChI is InChI=1S/C12H16N2O4/c1-7(13)11(16)14-10(12(17)18)6-8-2-4-9(15)5-3-8/h2-5,7,10,15H,6,13H2,1H3,(H,14,16)(H,17,18)/t7?,10-/m1/s1. The molecule has 0 aromatic heterocycles. The van der Waals surface area contributed by atoms with Gasteiger partial charge in [-0.1, -0.05) is 12.1 Å². The van der Waals surface area contributed by atoms with E-state index in [-0.39, 0.29) is 12.2 Å². The summed E-state index contributed by atoms with van der Waals surface area (Å²) < 4.78 is 0. The van der Waals surface area contributed by atoms with Gasteiger partial charge in [-0.15, -0.1) is 0 Å². The monoisotopic (exact) mass is 252 g/mol. The van der Waals surface area contributed by atoms with E-state index in [4.69, 9.17) is 15.9 Å². The number of amides is 1. The molecule has 0 aliphatic rings. The van der Waals surface area contributed by atoms with Gasteiger partial charge in [-0.05, 0) is 24.6 Å². The Balaban J connectivity index is 2.72. The lowest BCUT2D eigenvalue weighted by Crippen LogP contribution is -2.48. The van der Waals surface area contributed by atoms with Gasteiger partial charge in [0.1, 0.15) is 11.8 Å². The largest absolute Gasteiger partial charge is 0.508 e. The minimum absolute atomic E-state index is 0.102. The molecule has 5 N–H and O–H groups in total. The van der Waals surface area contributed by atoms with Gasteiger partial charge in [0.2, 0.25) is 5.91 Å². The van der Waals surface area contributed by atoms with Crippen molar-refractivity contribution in [1.29, 1.82) is 0 Å². The molecule has 0 fully saturated rings. The Kier molecular flexibility index (Phi) is 4.67. The minimum atomic E-state index is -1.13. The average Bonchev–Trinajstić information content (AvgIpc) is 2.30. The van der Waals surface area contributed by atoms with Gasteiger partial charge < -0.3 is 21.3 Å². The first kappa shape index (κ1) is 14.0. The van der Waals surface area contributed by atoms with Crippen LogP contribution in [0.25, 0.3) is 0 Å². The molecule has 0 saturated heterocycles. The van der Waals surface area contributed by atoms with Gasteiger partial charge in [0.05, 0.1) is 6.04 Å². The number of carboxylic acid groups (broad SMARTS) is 1. The summed E-state index contributed by atoms with van der Waals surface area (Å²) >= 11 is 0. The first-order chi connectivity index (χ1) is 8.40. The Bertz CT molecular complexity index is 428. The van der Waals surface area contributed by atoms with Crippen molar-refractivity contribution in [2.24, 2.45) is 5.73 Å². The van der Waals surface area contributed by atoms with Crippen molar-refractivity contribution >= 4 is 11.9 Å². The lowest BCUT2D eigenvalue weighted by Gasteiger charge is -2.16. The molecule has 1 aromatic carbocycles. The van der Waals surface area contributed by atoms with Crippen molar-refractivity contribution in [3.8, 4) is 5.75 Å². The quantitative estimate of drug-likeness (QED) is 0.582. The van der Waals surface area contributed by atoms with E-state index >= 15 is 0 Å². The maximum Gasteiger partial charge on any atom is 0.326 e. The van der Waals surface area contributed by atoms with E-state index in [0.29, 0.717) is 5.56 Å². The Morgan fingerprint density at radius 3 is 2.33 bits per heavy atom. The fraction of sp³-hybridized carbons (Fsp3) is 0.333. The van der Waals surface area contributed by atoms with Crippen molar-refractivity contribution < 1.29 is 19.8 Å². The molecule has 0 aliphatic carbocycles. The third-order valence-corrected chi connectivity index (χ3v) is 2.40. The second-order valence-corrected chi connectivity index (χ2v) is 4.06. The van der Waals surface area contributed by atoms with Crippen LogP contribution in [0.5, 0.6) is 5.75 Å². The summed E-state index contributed by atoms with van der Waals surface area (Å²) in [4.78, 5) is 22.4. The molecule has 1 aromatic rings. The topological polar surface area (TPSA) is 113 Å². The van der Waals surface area contributed by atoms with Crippen molar-refractivity contribution in [2.45, 2.75) is 25.4 Å². The van der Waals surface area contributed by atoms with E-state index in [2.05, 4.69) is 5.32 Å². The van der Waals surface area contributed by atoms with Gasteiger partial charge in [-0.3, -0.25) is 4.79 Å². The third-order valence-electron chi connectivity index (χ3n) is 2.40.